The van der Waals surface area contributed by atoms with E-state index in [4.69, 9.17) is 17.3 Å². The minimum absolute atomic E-state index is 0.211. The molecule has 0 saturated heterocycles. The molecule has 0 aliphatic rings. The van der Waals surface area contributed by atoms with Gasteiger partial charge in [-0.2, -0.15) is 0 Å². The molecule has 2 N–H and O–H groups in total. The summed E-state index contributed by atoms with van der Waals surface area (Å²) in [6.45, 7) is 0.576. The lowest BCUT2D eigenvalue weighted by atomic mass is 10.1. The van der Waals surface area contributed by atoms with Crippen LogP contribution in [0.5, 0.6) is 0 Å². The molecule has 4 heteroatoms. The molecule has 0 spiro atoms. The highest BCUT2D eigenvalue weighted by molar-refractivity contribution is 9.10. The van der Waals surface area contributed by atoms with Crippen LogP contribution in [0.25, 0.3) is 0 Å². The van der Waals surface area contributed by atoms with Crippen LogP contribution in [0.15, 0.2) is 57.9 Å². The van der Waals surface area contributed by atoms with E-state index in [0.717, 1.165) is 15.1 Å². The number of rotatable bonds is 4. The van der Waals surface area contributed by atoms with Crippen molar-refractivity contribution in [2.24, 2.45) is 5.73 Å². The average Bonchev–Trinajstić information content (AvgIpc) is 2.38. The SMILES string of the molecule is NCC(Sc1ccccc1Br)c1cccc(Cl)c1. The summed E-state index contributed by atoms with van der Waals surface area (Å²) in [5, 5.41) is 0.959. The zero-order chi connectivity index (χ0) is 13.0. The lowest BCUT2D eigenvalue weighted by molar-refractivity contribution is 0.940. The first-order valence-corrected chi connectivity index (χ1v) is 7.62. The molecule has 0 amide bonds. The fraction of sp³-hybridized carbons (Fsp3) is 0.143. The van der Waals surface area contributed by atoms with Crippen LogP contribution in [0.1, 0.15) is 10.8 Å². The largest absolute Gasteiger partial charge is 0.329 e. The van der Waals surface area contributed by atoms with Crippen molar-refractivity contribution >= 4 is 39.3 Å². The quantitative estimate of drug-likeness (QED) is 0.800. The molecule has 0 saturated carbocycles. The van der Waals surface area contributed by atoms with Gasteiger partial charge in [0.15, 0.2) is 0 Å². The Balaban J connectivity index is 2.23. The van der Waals surface area contributed by atoms with Crippen LogP contribution in [-0.2, 0) is 0 Å². The van der Waals surface area contributed by atoms with Gasteiger partial charge in [-0.1, -0.05) is 35.9 Å². The summed E-state index contributed by atoms with van der Waals surface area (Å²) in [6, 6.07) is 16.0. The highest BCUT2D eigenvalue weighted by Gasteiger charge is 2.13. The number of benzene rings is 2. The maximum absolute atomic E-state index is 6.02. The first-order chi connectivity index (χ1) is 8.70. The van der Waals surface area contributed by atoms with Crippen LogP contribution in [0, 0.1) is 0 Å². The average molecular weight is 343 g/mol. The fourth-order valence-corrected chi connectivity index (χ4v) is 3.44. The Hall–Kier alpha value is -0.480. The Kier molecular flexibility index (Phi) is 5.13. The Morgan fingerprint density at radius 2 is 1.94 bits per heavy atom. The highest BCUT2D eigenvalue weighted by Crippen LogP contribution is 2.38. The predicted octanol–water partition coefficient (Wildman–Crippen LogP) is 4.89. The summed E-state index contributed by atoms with van der Waals surface area (Å²) < 4.78 is 1.09. The molecule has 0 heterocycles. The molecule has 0 aliphatic heterocycles. The van der Waals surface area contributed by atoms with Gasteiger partial charge < -0.3 is 5.73 Å². The second kappa shape index (κ2) is 6.62. The molecule has 2 aromatic carbocycles. The lowest BCUT2D eigenvalue weighted by Gasteiger charge is -2.16. The molecule has 1 nitrogen and oxygen atoms in total. The maximum Gasteiger partial charge on any atom is 0.0467 e. The number of nitrogens with two attached hydrogens (primary N) is 1. The molecule has 0 aliphatic carbocycles. The third kappa shape index (κ3) is 3.51. The monoisotopic (exact) mass is 341 g/mol. The molecule has 2 rings (SSSR count). The van der Waals surface area contributed by atoms with Gasteiger partial charge in [-0.3, -0.25) is 0 Å². The van der Waals surface area contributed by atoms with E-state index in [1.54, 1.807) is 11.8 Å². The first kappa shape index (κ1) is 13.9. The first-order valence-electron chi connectivity index (χ1n) is 5.57. The van der Waals surface area contributed by atoms with Gasteiger partial charge in [-0.25, -0.2) is 0 Å². The predicted molar refractivity (Wildman–Crippen MR) is 83.2 cm³/mol. The van der Waals surface area contributed by atoms with Crippen molar-refractivity contribution in [1.82, 2.24) is 0 Å². The topological polar surface area (TPSA) is 26.0 Å². The zero-order valence-corrected chi connectivity index (χ0v) is 12.8. The lowest BCUT2D eigenvalue weighted by Crippen LogP contribution is -2.09. The van der Waals surface area contributed by atoms with Crippen molar-refractivity contribution in [1.29, 1.82) is 0 Å². The zero-order valence-electron chi connectivity index (χ0n) is 9.64. The summed E-state index contributed by atoms with van der Waals surface area (Å²) in [7, 11) is 0. The summed E-state index contributed by atoms with van der Waals surface area (Å²) >= 11 is 11.3. The van der Waals surface area contributed by atoms with Gasteiger partial charge in [0, 0.05) is 26.2 Å². The number of hydrogen-bond donors (Lipinski definition) is 1. The molecule has 0 bridgehead atoms. The number of hydrogen-bond acceptors (Lipinski definition) is 2. The maximum atomic E-state index is 6.02. The molecule has 94 valence electrons. The van der Waals surface area contributed by atoms with Crippen LogP contribution in [0.4, 0.5) is 0 Å². The van der Waals surface area contributed by atoms with Crippen LogP contribution in [0.2, 0.25) is 5.02 Å². The summed E-state index contributed by atoms with van der Waals surface area (Å²) in [5.41, 5.74) is 7.03. The summed E-state index contributed by atoms with van der Waals surface area (Å²) in [4.78, 5) is 1.19. The summed E-state index contributed by atoms with van der Waals surface area (Å²) in [5.74, 6) is 0. The molecule has 0 fully saturated rings. The Bertz CT molecular complexity index is 533. The number of halogens is 2. The van der Waals surface area contributed by atoms with E-state index in [0.29, 0.717) is 6.54 Å². The van der Waals surface area contributed by atoms with Crippen LogP contribution >= 0.6 is 39.3 Å². The van der Waals surface area contributed by atoms with Crippen molar-refractivity contribution in [3.8, 4) is 0 Å². The van der Waals surface area contributed by atoms with E-state index in [9.17, 15) is 0 Å². The van der Waals surface area contributed by atoms with E-state index in [1.807, 2.05) is 36.4 Å². The molecular formula is C14H13BrClNS. The van der Waals surface area contributed by atoms with E-state index in [2.05, 4.69) is 28.1 Å². The Labute approximate surface area is 125 Å². The van der Waals surface area contributed by atoms with Crippen molar-refractivity contribution in [3.05, 3.63) is 63.6 Å². The molecular weight excluding hydrogens is 330 g/mol. The van der Waals surface area contributed by atoms with Crippen molar-refractivity contribution in [3.63, 3.8) is 0 Å². The second-order valence-corrected chi connectivity index (χ2v) is 6.36. The van der Waals surface area contributed by atoms with Gasteiger partial charge in [0.2, 0.25) is 0 Å². The Morgan fingerprint density at radius 1 is 1.17 bits per heavy atom. The van der Waals surface area contributed by atoms with Gasteiger partial charge in [-0.15, -0.1) is 11.8 Å². The summed E-state index contributed by atoms with van der Waals surface area (Å²) in [6.07, 6.45) is 0. The van der Waals surface area contributed by atoms with Gasteiger partial charge in [0.1, 0.15) is 0 Å². The van der Waals surface area contributed by atoms with Crippen molar-refractivity contribution in [2.75, 3.05) is 6.54 Å². The molecule has 2 aromatic rings. The van der Waals surface area contributed by atoms with E-state index in [-0.39, 0.29) is 5.25 Å². The third-order valence-electron chi connectivity index (χ3n) is 2.54. The van der Waals surface area contributed by atoms with Crippen LogP contribution in [0.3, 0.4) is 0 Å². The second-order valence-electron chi connectivity index (χ2n) is 3.83. The molecule has 18 heavy (non-hydrogen) atoms. The standard InChI is InChI=1S/C14H13BrClNS/c15-12-6-1-2-7-13(12)18-14(9-17)10-4-3-5-11(16)8-10/h1-8,14H,9,17H2. The van der Waals surface area contributed by atoms with Gasteiger partial charge in [-0.05, 0) is 45.8 Å². The molecule has 1 unspecified atom stereocenters. The van der Waals surface area contributed by atoms with Gasteiger partial charge >= 0.3 is 0 Å². The van der Waals surface area contributed by atoms with Crippen LogP contribution in [-0.4, -0.2) is 6.54 Å². The Morgan fingerprint density at radius 3 is 2.61 bits per heavy atom. The molecule has 0 radical (unpaired) electrons. The molecule has 1 atom stereocenters. The number of thioether (sulfide) groups is 1. The van der Waals surface area contributed by atoms with Crippen molar-refractivity contribution in [2.45, 2.75) is 10.1 Å². The van der Waals surface area contributed by atoms with Crippen molar-refractivity contribution < 1.29 is 0 Å². The van der Waals surface area contributed by atoms with E-state index in [1.165, 1.54) is 4.90 Å². The molecule has 0 aromatic heterocycles. The van der Waals surface area contributed by atoms with Crippen LogP contribution < -0.4 is 5.73 Å². The minimum Gasteiger partial charge on any atom is -0.329 e. The van der Waals surface area contributed by atoms with E-state index >= 15 is 0 Å². The highest BCUT2D eigenvalue weighted by atomic mass is 79.9. The normalized spacial score (nSPS) is 12.4. The smallest absolute Gasteiger partial charge is 0.0467 e. The fourth-order valence-electron chi connectivity index (χ4n) is 1.65. The minimum atomic E-state index is 0.211. The van der Waals surface area contributed by atoms with Gasteiger partial charge in [0.25, 0.3) is 0 Å². The van der Waals surface area contributed by atoms with E-state index < -0.39 is 0 Å². The third-order valence-corrected chi connectivity index (χ3v) is 5.09. The van der Waals surface area contributed by atoms with Gasteiger partial charge in [0.05, 0.1) is 0 Å².